The summed E-state index contributed by atoms with van der Waals surface area (Å²) >= 11 is 0. The molecule has 2 aromatic rings. The average molecular weight is 268 g/mol. The van der Waals surface area contributed by atoms with E-state index >= 15 is 0 Å². The lowest BCUT2D eigenvalue weighted by atomic mass is 10.0. The first kappa shape index (κ1) is 14.3. The van der Waals surface area contributed by atoms with Crippen molar-refractivity contribution in [3.8, 4) is 16.9 Å². The zero-order chi connectivity index (χ0) is 14.4. The fourth-order valence-corrected chi connectivity index (χ4v) is 1.94. The molecule has 2 rings (SSSR count). The van der Waals surface area contributed by atoms with Gasteiger partial charge in [0.05, 0.1) is 6.54 Å². The van der Waals surface area contributed by atoms with Gasteiger partial charge in [-0.2, -0.15) is 0 Å². The molecule has 0 fully saturated rings. The van der Waals surface area contributed by atoms with E-state index < -0.39 is 0 Å². The maximum Gasteiger partial charge on any atom is 0.132 e. The summed E-state index contributed by atoms with van der Waals surface area (Å²) in [4.78, 5) is 6.43. The molecule has 0 aliphatic carbocycles. The summed E-state index contributed by atoms with van der Waals surface area (Å²) in [5.74, 6) is 0.285. The molecule has 104 valence electrons. The van der Waals surface area contributed by atoms with Gasteiger partial charge in [-0.25, -0.2) is 0 Å². The van der Waals surface area contributed by atoms with Gasteiger partial charge in [0.15, 0.2) is 0 Å². The van der Waals surface area contributed by atoms with Crippen molar-refractivity contribution >= 4 is 6.21 Å². The number of rotatable bonds is 5. The first-order valence-corrected chi connectivity index (χ1v) is 6.70. The second-order valence-corrected chi connectivity index (χ2v) is 4.95. The largest absolute Gasteiger partial charge is 0.507 e. The molecule has 2 aromatic carbocycles. The molecular weight excluding hydrogens is 248 g/mol. The maximum absolute atomic E-state index is 10.3. The van der Waals surface area contributed by atoms with Crippen molar-refractivity contribution in [2.75, 3.05) is 27.2 Å². The van der Waals surface area contributed by atoms with Crippen LogP contribution in [0.15, 0.2) is 53.5 Å². The Hall–Kier alpha value is -2.13. The fraction of sp³-hybridized carbons (Fsp3) is 0.235. The summed E-state index contributed by atoms with van der Waals surface area (Å²) < 4.78 is 0. The minimum absolute atomic E-state index is 0.285. The second-order valence-electron chi connectivity index (χ2n) is 4.95. The van der Waals surface area contributed by atoms with E-state index in [1.807, 2.05) is 62.6 Å². The van der Waals surface area contributed by atoms with E-state index in [1.54, 1.807) is 6.21 Å². The zero-order valence-corrected chi connectivity index (χ0v) is 12.0. The molecule has 0 amide bonds. The molecule has 3 nitrogen and oxygen atoms in total. The Morgan fingerprint density at radius 1 is 1.05 bits per heavy atom. The van der Waals surface area contributed by atoms with Crippen LogP contribution in [-0.2, 0) is 0 Å². The van der Waals surface area contributed by atoms with E-state index in [4.69, 9.17) is 0 Å². The molecule has 0 unspecified atom stereocenters. The summed E-state index contributed by atoms with van der Waals surface area (Å²) in [6, 6.07) is 15.6. The second kappa shape index (κ2) is 6.87. The lowest BCUT2D eigenvalue weighted by Crippen LogP contribution is -2.15. The van der Waals surface area contributed by atoms with E-state index in [0.717, 1.165) is 29.8 Å². The van der Waals surface area contributed by atoms with E-state index in [1.165, 1.54) is 0 Å². The van der Waals surface area contributed by atoms with Crippen molar-refractivity contribution < 1.29 is 5.11 Å². The lowest BCUT2D eigenvalue weighted by Gasteiger charge is -2.08. The van der Waals surface area contributed by atoms with Crippen molar-refractivity contribution in [3.05, 3.63) is 54.1 Å². The molecule has 0 saturated heterocycles. The minimum Gasteiger partial charge on any atom is -0.507 e. The Balaban J connectivity index is 2.20. The highest BCUT2D eigenvalue weighted by atomic mass is 16.3. The van der Waals surface area contributed by atoms with Crippen molar-refractivity contribution in [2.45, 2.75) is 0 Å². The molecule has 0 aromatic heterocycles. The van der Waals surface area contributed by atoms with Crippen molar-refractivity contribution in [1.82, 2.24) is 4.90 Å². The van der Waals surface area contributed by atoms with Gasteiger partial charge in [-0.05, 0) is 25.7 Å². The summed E-state index contributed by atoms with van der Waals surface area (Å²) in [5, 5.41) is 10.3. The first-order valence-electron chi connectivity index (χ1n) is 6.70. The predicted octanol–water partition coefficient (Wildman–Crippen LogP) is 3.04. The highest BCUT2D eigenvalue weighted by Gasteiger charge is 2.06. The van der Waals surface area contributed by atoms with Gasteiger partial charge in [0.2, 0.25) is 0 Å². The Morgan fingerprint density at radius 3 is 2.50 bits per heavy atom. The van der Waals surface area contributed by atoms with Gasteiger partial charge in [0.25, 0.3) is 0 Å². The van der Waals surface area contributed by atoms with Gasteiger partial charge in [-0.1, -0.05) is 42.5 Å². The number of benzene rings is 2. The molecule has 0 spiro atoms. The van der Waals surface area contributed by atoms with Gasteiger partial charge >= 0.3 is 0 Å². The normalized spacial score (nSPS) is 11.3. The van der Waals surface area contributed by atoms with Gasteiger partial charge in [0.1, 0.15) is 5.75 Å². The number of phenolic OH excluding ortho intramolecular Hbond substituents is 1. The first-order chi connectivity index (χ1) is 9.68. The molecule has 0 heterocycles. The van der Waals surface area contributed by atoms with Gasteiger partial charge in [0, 0.05) is 23.9 Å². The average Bonchev–Trinajstić information content (AvgIpc) is 2.46. The number of nitrogens with zero attached hydrogens (tertiary/aromatic N) is 2. The number of hydrogen-bond acceptors (Lipinski definition) is 3. The maximum atomic E-state index is 10.3. The highest BCUT2D eigenvalue weighted by molar-refractivity contribution is 5.88. The van der Waals surface area contributed by atoms with Crippen molar-refractivity contribution in [3.63, 3.8) is 0 Å². The number of aliphatic imine (C=N–C) groups is 1. The Morgan fingerprint density at radius 2 is 1.80 bits per heavy atom. The summed E-state index contributed by atoms with van der Waals surface area (Å²) in [5.41, 5.74) is 2.60. The van der Waals surface area contributed by atoms with E-state index in [2.05, 4.69) is 9.89 Å². The Kier molecular flexibility index (Phi) is 4.91. The number of para-hydroxylation sites is 1. The van der Waals surface area contributed by atoms with Crippen molar-refractivity contribution in [1.29, 1.82) is 0 Å². The van der Waals surface area contributed by atoms with Crippen LogP contribution in [0.4, 0.5) is 0 Å². The van der Waals surface area contributed by atoms with E-state index in [9.17, 15) is 5.11 Å². The van der Waals surface area contributed by atoms with E-state index in [-0.39, 0.29) is 5.75 Å². The molecule has 1 N–H and O–H groups in total. The van der Waals surface area contributed by atoms with Gasteiger partial charge in [-0.15, -0.1) is 0 Å². The quantitative estimate of drug-likeness (QED) is 0.846. The van der Waals surface area contributed by atoms with Gasteiger partial charge < -0.3 is 10.0 Å². The zero-order valence-electron chi connectivity index (χ0n) is 12.0. The van der Waals surface area contributed by atoms with Crippen LogP contribution in [0.3, 0.4) is 0 Å². The van der Waals surface area contributed by atoms with Crippen LogP contribution < -0.4 is 0 Å². The number of hydrogen-bond donors (Lipinski definition) is 1. The van der Waals surface area contributed by atoms with Crippen LogP contribution in [-0.4, -0.2) is 43.4 Å². The van der Waals surface area contributed by atoms with Gasteiger partial charge in [-0.3, -0.25) is 4.99 Å². The standard InChI is InChI=1S/C17H20N2O/c1-19(2)12-11-18-13-15-9-6-10-16(17(15)20)14-7-4-3-5-8-14/h3-10,13,20H,11-12H2,1-2H3. The minimum atomic E-state index is 0.285. The van der Waals surface area contributed by atoms with E-state index in [0.29, 0.717) is 0 Å². The summed E-state index contributed by atoms with van der Waals surface area (Å²) in [6.07, 6.45) is 1.74. The molecule has 0 saturated carbocycles. The third-order valence-corrected chi connectivity index (χ3v) is 3.06. The molecule has 0 aliphatic rings. The highest BCUT2D eigenvalue weighted by Crippen LogP contribution is 2.31. The molecule has 0 aliphatic heterocycles. The smallest absolute Gasteiger partial charge is 0.132 e. The number of phenols is 1. The van der Waals surface area contributed by atoms with Crippen molar-refractivity contribution in [2.24, 2.45) is 4.99 Å². The van der Waals surface area contributed by atoms with Crippen LogP contribution in [0, 0.1) is 0 Å². The third-order valence-electron chi connectivity index (χ3n) is 3.06. The SMILES string of the molecule is CN(C)CCN=Cc1cccc(-c2ccccc2)c1O. The number of aromatic hydroxyl groups is 1. The lowest BCUT2D eigenvalue weighted by molar-refractivity contribution is 0.421. The molecule has 3 heteroatoms. The predicted molar refractivity (Wildman–Crippen MR) is 84.6 cm³/mol. The number of likely N-dealkylation sites (N-methyl/N-ethyl adjacent to an activating group) is 1. The van der Waals surface area contributed by atoms with Crippen LogP contribution in [0.5, 0.6) is 5.75 Å². The third kappa shape index (κ3) is 3.68. The van der Waals surface area contributed by atoms with Crippen LogP contribution >= 0.6 is 0 Å². The molecule has 0 bridgehead atoms. The Bertz CT molecular complexity index is 577. The molecule has 20 heavy (non-hydrogen) atoms. The molecule has 0 atom stereocenters. The Labute approximate surface area is 120 Å². The molecule has 0 radical (unpaired) electrons. The summed E-state index contributed by atoms with van der Waals surface area (Å²) in [6.45, 7) is 1.62. The van der Waals surface area contributed by atoms with Crippen LogP contribution in [0.25, 0.3) is 11.1 Å². The molecular formula is C17H20N2O. The van der Waals surface area contributed by atoms with Crippen LogP contribution in [0.1, 0.15) is 5.56 Å². The summed E-state index contributed by atoms with van der Waals surface area (Å²) in [7, 11) is 4.03. The fourth-order valence-electron chi connectivity index (χ4n) is 1.94. The topological polar surface area (TPSA) is 35.8 Å². The van der Waals surface area contributed by atoms with Crippen LogP contribution in [0.2, 0.25) is 0 Å². The monoisotopic (exact) mass is 268 g/mol.